The molecule has 1 saturated heterocycles. The second-order valence-electron chi connectivity index (χ2n) is 8.43. The molecule has 0 saturated carbocycles. The Morgan fingerprint density at radius 3 is 2.91 bits per heavy atom. The molecule has 0 radical (unpaired) electrons. The zero-order valence-corrected chi connectivity index (χ0v) is 20.3. The van der Waals surface area contributed by atoms with Crippen molar-refractivity contribution < 1.29 is 18.7 Å². The smallest absolute Gasteiger partial charge is 0.174 e. The van der Waals surface area contributed by atoms with Gasteiger partial charge in [0, 0.05) is 30.1 Å². The Balaban J connectivity index is 1.63. The van der Waals surface area contributed by atoms with E-state index >= 15 is 0 Å². The van der Waals surface area contributed by atoms with Gasteiger partial charge < -0.3 is 25.0 Å². The van der Waals surface area contributed by atoms with Gasteiger partial charge in [-0.25, -0.2) is 14.4 Å². The molecule has 0 aliphatic carbocycles. The first-order chi connectivity index (χ1) is 16.9. The van der Waals surface area contributed by atoms with Crippen LogP contribution in [0.3, 0.4) is 0 Å². The molecule has 35 heavy (non-hydrogen) atoms. The fourth-order valence-corrected chi connectivity index (χ4v) is 3.73. The minimum Gasteiger partial charge on any atom is -0.486 e. The molecule has 0 amide bonds. The van der Waals surface area contributed by atoms with E-state index < -0.39 is 5.82 Å². The summed E-state index contributed by atoms with van der Waals surface area (Å²) in [6.07, 6.45) is 5.52. The van der Waals surface area contributed by atoms with Crippen LogP contribution in [0.1, 0.15) is 6.42 Å². The third kappa shape index (κ3) is 6.66. The van der Waals surface area contributed by atoms with E-state index in [0.717, 1.165) is 6.42 Å². The number of nitrogens with zero attached hydrogens (tertiary/aromatic N) is 3. The second kappa shape index (κ2) is 11.4. The van der Waals surface area contributed by atoms with Crippen LogP contribution in [-0.2, 0) is 9.53 Å². The minimum absolute atomic E-state index is 0.00557. The first-order valence-corrected chi connectivity index (χ1v) is 11.6. The van der Waals surface area contributed by atoms with Gasteiger partial charge in [-0.1, -0.05) is 17.7 Å². The molecule has 0 spiro atoms. The highest BCUT2D eigenvalue weighted by atomic mass is 35.5. The highest BCUT2D eigenvalue weighted by molar-refractivity contribution is 6.31. The maximum atomic E-state index is 13.6. The van der Waals surface area contributed by atoms with Crippen molar-refractivity contribution in [2.24, 2.45) is 0 Å². The zero-order chi connectivity index (χ0) is 24.8. The number of ether oxygens (including phenoxy) is 2. The molecule has 2 aromatic carbocycles. The monoisotopic (exact) mass is 499 g/mol. The summed E-state index contributed by atoms with van der Waals surface area (Å²) in [6, 6.07) is 7.99. The van der Waals surface area contributed by atoms with Crippen LogP contribution in [0.4, 0.5) is 21.6 Å². The molecule has 1 aliphatic heterocycles. The van der Waals surface area contributed by atoms with Gasteiger partial charge in [0.2, 0.25) is 0 Å². The quantitative estimate of drug-likeness (QED) is 0.396. The van der Waals surface area contributed by atoms with Gasteiger partial charge in [-0.2, -0.15) is 0 Å². The van der Waals surface area contributed by atoms with E-state index in [1.165, 1.54) is 18.5 Å². The number of rotatable bonds is 10. The number of nitrogens with one attached hydrogen (secondary N) is 2. The number of ketones is 1. The molecular weight excluding hydrogens is 473 g/mol. The van der Waals surface area contributed by atoms with E-state index in [-0.39, 0.29) is 23.5 Å². The van der Waals surface area contributed by atoms with Crippen molar-refractivity contribution in [3.05, 3.63) is 59.7 Å². The maximum Gasteiger partial charge on any atom is 0.174 e. The molecule has 10 heteroatoms. The van der Waals surface area contributed by atoms with E-state index in [4.69, 9.17) is 21.1 Å². The number of benzene rings is 2. The Kier molecular flexibility index (Phi) is 8.12. The molecule has 184 valence electrons. The molecule has 1 aromatic heterocycles. The van der Waals surface area contributed by atoms with Crippen LogP contribution in [-0.4, -0.2) is 67.2 Å². The topological polar surface area (TPSA) is 88.6 Å². The lowest BCUT2D eigenvalue weighted by atomic mass is 10.1. The number of hydrogen-bond donors (Lipinski definition) is 2. The van der Waals surface area contributed by atoms with Crippen LogP contribution >= 0.6 is 11.6 Å². The van der Waals surface area contributed by atoms with Gasteiger partial charge in [-0.3, -0.25) is 4.79 Å². The highest BCUT2D eigenvalue weighted by Gasteiger charge is 2.20. The highest BCUT2D eigenvalue weighted by Crippen LogP contribution is 2.35. The molecule has 0 unspecified atom stereocenters. The third-order valence-electron chi connectivity index (χ3n) is 5.33. The predicted molar refractivity (Wildman–Crippen MR) is 135 cm³/mol. The van der Waals surface area contributed by atoms with Gasteiger partial charge >= 0.3 is 0 Å². The van der Waals surface area contributed by atoms with E-state index in [1.54, 1.807) is 12.1 Å². The van der Waals surface area contributed by atoms with Gasteiger partial charge in [0.05, 0.1) is 36.0 Å². The summed E-state index contributed by atoms with van der Waals surface area (Å²) < 4.78 is 25.2. The number of carbonyl (C=O) groups excluding carboxylic acids is 1. The van der Waals surface area contributed by atoms with Crippen molar-refractivity contribution in [2.45, 2.75) is 12.5 Å². The standard InChI is InChI=1S/C25H27ClFN5O3/c1-32(2)8-3-4-17(33)13-28-23-11-19-22(12-24(23)35-18-7-9-34-14-18)29-15-30-25(19)31-16-5-6-21(27)20(26)10-16/h3-6,10-12,15,18,28H,7-9,13-14H2,1-2H3,(H,29,30,31)/b4-3+/t18-/m0/s1. The number of hydrogen-bond acceptors (Lipinski definition) is 8. The average Bonchev–Trinajstić information content (AvgIpc) is 3.33. The summed E-state index contributed by atoms with van der Waals surface area (Å²) in [5.74, 6) is 0.519. The normalized spacial score (nSPS) is 15.7. The molecule has 1 fully saturated rings. The lowest BCUT2D eigenvalue weighted by molar-refractivity contribution is -0.113. The first-order valence-electron chi connectivity index (χ1n) is 11.2. The summed E-state index contributed by atoms with van der Waals surface area (Å²) in [4.78, 5) is 23.1. The Hall–Kier alpha value is -3.27. The van der Waals surface area contributed by atoms with Gasteiger partial charge in [-0.05, 0) is 44.4 Å². The van der Waals surface area contributed by atoms with Crippen molar-refractivity contribution in [2.75, 3.05) is 51.0 Å². The summed E-state index contributed by atoms with van der Waals surface area (Å²) in [5, 5.41) is 7.06. The number of fused-ring (bicyclic) bond motifs is 1. The Bertz CT molecular complexity index is 1230. The van der Waals surface area contributed by atoms with Gasteiger partial charge in [0.15, 0.2) is 5.78 Å². The van der Waals surface area contributed by atoms with Crippen LogP contribution in [0.2, 0.25) is 5.02 Å². The number of halogens is 2. The van der Waals surface area contributed by atoms with E-state index in [0.29, 0.717) is 53.6 Å². The molecule has 8 nitrogen and oxygen atoms in total. The minimum atomic E-state index is -0.502. The molecule has 1 atom stereocenters. The molecule has 0 bridgehead atoms. The number of carbonyl (C=O) groups is 1. The van der Waals surface area contributed by atoms with E-state index in [2.05, 4.69) is 20.6 Å². The maximum absolute atomic E-state index is 13.6. The fourth-order valence-electron chi connectivity index (χ4n) is 3.55. The van der Waals surface area contributed by atoms with Gasteiger partial charge in [-0.15, -0.1) is 0 Å². The van der Waals surface area contributed by atoms with Crippen molar-refractivity contribution in [1.29, 1.82) is 0 Å². The summed E-state index contributed by atoms with van der Waals surface area (Å²) in [5.41, 5.74) is 1.86. The number of anilines is 3. The number of likely N-dealkylation sites (N-methyl/N-ethyl adjacent to an activating group) is 1. The molecule has 2 heterocycles. The van der Waals surface area contributed by atoms with Crippen LogP contribution in [0, 0.1) is 5.82 Å². The average molecular weight is 500 g/mol. The van der Waals surface area contributed by atoms with Crippen molar-refractivity contribution in [3.63, 3.8) is 0 Å². The molecule has 2 N–H and O–H groups in total. The Labute approximate surface area is 208 Å². The molecule has 1 aliphatic rings. The predicted octanol–water partition coefficient (Wildman–Crippen LogP) is 4.43. The molecule has 4 rings (SSSR count). The lowest BCUT2D eigenvalue weighted by Gasteiger charge is -2.18. The van der Waals surface area contributed by atoms with Crippen molar-refractivity contribution in [3.8, 4) is 5.75 Å². The molecular formula is C25H27ClFN5O3. The Morgan fingerprint density at radius 1 is 1.31 bits per heavy atom. The van der Waals surface area contributed by atoms with Crippen LogP contribution in [0.25, 0.3) is 10.9 Å². The third-order valence-corrected chi connectivity index (χ3v) is 5.62. The van der Waals surface area contributed by atoms with Gasteiger partial charge in [0.25, 0.3) is 0 Å². The zero-order valence-electron chi connectivity index (χ0n) is 19.6. The molecule has 3 aromatic rings. The van der Waals surface area contributed by atoms with E-state index in [1.807, 2.05) is 37.2 Å². The van der Waals surface area contributed by atoms with Crippen LogP contribution in [0.15, 0.2) is 48.8 Å². The summed E-state index contributed by atoms with van der Waals surface area (Å²) in [7, 11) is 3.87. The van der Waals surface area contributed by atoms with Gasteiger partial charge in [0.1, 0.15) is 29.8 Å². The van der Waals surface area contributed by atoms with Crippen molar-refractivity contribution >= 4 is 45.5 Å². The largest absolute Gasteiger partial charge is 0.486 e. The SMILES string of the molecule is CN(C)C/C=C/C(=O)CNc1cc2c(Nc3ccc(F)c(Cl)c3)ncnc2cc1O[C@H]1CCOC1. The van der Waals surface area contributed by atoms with Crippen LogP contribution in [0.5, 0.6) is 5.75 Å². The lowest BCUT2D eigenvalue weighted by Crippen LogP contribution is -2.18. The fraction of sp³-hybridized carbons (Fsp3) is 0.320. The number of aromatic nitrogens is 2. The summed E-state index contributed by atoms with van der Waals surface area (Å²) >= 11 is 5.92. The van der Waals surface area contributed by atoms with Crippen molar-refractivity contribution in [1.82, 2.24) is 14.9 Å². The summed E-state index contributed by atoms with van der Waals surface area (Å²) in [6.45, 7) is 1.92. The van der Waals surface area contributed by atoms with E-state index in [9.17, 15) is 9.18 Å². The van der Waals surface area contributed by atoms with Crippen LogP contribution < -0.4 is 15.4 Å². The first kappa shape index (κ1) is 24.8. The second-order valence-corrected chi connectivity index (χ2v) is 8.84. The Morgan fingerprint density at radius 2 is 2.17 bits per heavy atom.